The normalized spacial score (nSPS) is 12.2. The predicted molar refractivity (Wildman–Crippen MR) is 75.7 cm³/mol. The van der Waals surface area contributed by atoms with Crippen LogP contribution in [0.4, 0.5) is 14.5 Å². The van der Waals surface area contributed by atoms with Crippen molar-refractivity contribution in [2.24, 2.45) is 5.73 Å². The van der Waals surface area contributed by atoms with Gasteiger partial charge in [-0.15, -0.1) is 11.3 Å². The average Bonchev–Trinajstić information content (AvgIpc) is 2.90. The Kier molecular flexibility index (Phi) is 4.81. The number of hydrogen-bond donors (Lipinski definition) is 2. The lowest BCUT2D eigenvalue weighted by atomic mass is 10.3. The minimum absolute atomic E-state index is 0.0240. The number of thiazole rings is 1. The van der Waals surface area contributed by atoms with Gasteiger partial charge in [-0.25, -0.2) is 4.98 Å². The molecule has 1 unspecified atom stereocenters. The molecule has 0 fully saturated rings. The van der Waals surface area contributed by atoms with Crippen LogP contribution in [-0.4, -0.2) is 17.5 Å². The summed E-state index contributed by atoms with van der Waals surface area (Å²) in [5, 5.41) is 4.89. The van der Waals surface area contributed by atoms with Gasteiger partial charge in [0.05, 0.1) is 6.04 Å². The van der Waals surface area contributed by atoms with E-state index in [4.69, 9.17) is 5.73 Å². The van der Waals surface area contributed by atoms with Gasteiger partial charge in [-0.05, 0) is 31.2 Å². The van der Waals surface area contributed by atoms with Crippen molar-refractivity contribution in [1.29, 1.82) is 0 Å². The van der Waals surface area contributed by atoms with Crippen molar-refractivity contribution in [3.05, 3.63) is 40.3 Å². The van der Waals surface area contributed by atoms with Gasteiger partial charge in [0.2, 0.25) is 0 Å². The molecule has 8 heteroatoms. The fourth-order valence-electron chi connectivity index (χ4n) is 1.52. The first-order valence-electron chi connectivity index (χ1n) is 6.03. The van der Waals surface area contributed by atoms with E-state index in [-0.39, 0.29) is 23.4 Å². The van der Waals surface area contributed by atoms with Gasteiger partial charge < -0.3 is 15.8 Å². The molecule has 1 amide bonds. The van der Waals surface area contributed by atoms with E-state index >= 15 is 0 Å². The van der Waals surface area contributed by atoms with Crippen LogP contribution in [0.1, 0.15) is 28.5 Å². The Morgan fingerprint density at radius 2 is 2.05 bits per heavy atom. The van der Waals surface area contributed by atoms with E-state index in [1.165, 1.54) is 35.6 Å². The number of aromatic nitrogens is 1. The van der Waals surface area contributed by atoms with Crippen molar-refractivity contribution in [2.45, 2.75) is 19.6 Å². The number of carbonyl (C=O) groups is 1. The third-order valence-corrected chi connectivity index (χ3v) is 3.53. The number of hydrogen-bond acceptors (Lipinski definition) is 5. The Morgan fingerprint density at radius 1 is 1.38 bits per heavy atom. The molecule has 1 aromatic heterocycles. The van der Waals surface area contributed by atoms with Crippen molar-refractivity contribution in [3.63, 3.8) is 0 Å². The van der Waals surface area contributed by atoms with Gasteiger partial charge in [0.25, 0.3) is 5.91 Å². The molecule has 5 nitrogen and oxygen atoms in total. The number of ether oxygens (including phenoxy) is 1. The predicted octanol–water partition coefficient (Wildman–Crippen LogP) is 3.02. The molecule has 0 saturated heterocycles. The Labute approximate surface area is 123 Å². The fourth-order valence-corrected chi connectivity index (χ4v) is 2.27. The largest absolute Gasteiger partial charge is 0.435 e. The minimum Gasteiger partial charge on any atom is -0.435 e. The number of rotatable bonds is 5. The molecule has 1 heterocycles. The SMILES string of the molecule is CC(N)c1nc(C(=O)Nc2ccc(OC(F)F)cc2)cs1. The number of anilines is 1. The van der Waals surface area contributed by atoms with E-state index in [0.717, 1.165) is 0 Å². The molecule has 1 atom stereocenters. The maximum absolute atomic E-state index is 12.0. The molecule has 0 saturated carbocycles. The number of halogens is 2. The highest BCUT2D eigenvalue weighted by molar-refractivity contribution is 7.09. The summed E-state index contributed by atoms with van der Waals surface area (Å²) in [4.78, 5) is 16.1. The molecule has 0 aliphatic carbocycles. The second-order valence-electron chi connectivity index (χ2n) is 4.22. The quantitative estimate of drug-likeness (QED) is 0.889. The van der Waals surface area contributed by atoms with Crippen LogP contribution in [0.5, 0.6) is 5.75 Å². The van der Waals surface area contributed by atoms with Crippen molar-refractivity contribution < 1.29 is 18.3 Å². The monoisotopic (exact) mass is 313 g/mol. The molecule has 0 spiro atoms. The van der Waals surface area contributed by atoms with E-state index < -0.39 is 6.61 Å². The van der Waals surface area contributed by atoms with Gasteiger partial charge in [0.15, 0.2) is 0 Å². The maximum atomic E-state index is 12.0. The Hall–Kier alpha value is -2.06. The molecule has 1 aromatic carbocycles. The molecular weight excluding hydrogens is 300 g/mol. The Morgan fingerprint density at radius 3 is 2.57 bits per heavy atom. The number of amides is 1. The lowest BCUT2D eigenvalue weighted by Gasteiger charge is -2.06. The summed E-state index contributed by atoms with van der Waals surface area (Å²) in [5.41, 5.74) is 6.40. The van der Waals surface area contributed by atoms with E-state index in [1.807, 2.05) is 0 Å². The zero-order chi connectivity index (χ0) is 15.4. The van der Waals surface area contributed by atoms with Crippen molar-refractivity contribution in [3.8, 4) is 5.75 Å². The van der Waals surface area contributed by atoms with E-state index in [0.29, 0.717) is 10.7 Å². The molecule has 3 N–H and O–H groups in total. The average molecular weight is 313 g/mol. The standard InChI is InChI=1S/C13H13F2N3O2S/c1-7(16)12-18-10(6-21-12)11(19)17-8-2-4-9(5-3-8)20-13(14)15/h2-7,13H,16H2,1H3,(H,17,19). The molecule has 0 aliphatic rings. The van der Waals surface area contributed by atoms with Crippen LogP contribution >= 0.6 is 11.3 Å². The van der Waals surface area contributed by atoms with Gasteiger partial charge in [-0.2, -0.15) is 8.78 Å². The van der Waals surface area contributed by atoms with Gasteiger partial charge >= 0.3 is 6.61 Å². The molecule has 0 radical (unpaired) electrons. The zero-order valence-corrected chi connectivity index (χ0v) is 11.9. The first-order chi connectivity index (χ1) is 9.95. The second kappa shape index (κ2) is 6.59. The highest BCUT2D eigenvalue weighted by Gasteiger charge is 2.13. The van der Waals surface area contributed by atoms with Crippen LogP contribution in [0.2, 0.25) is 0 Å². The summed E-state index contributed by atoms with van der Waals surface area (Å²) in [6, 6.07) is 5.39. The maximum Gasteiger partial charge on any atom is 0.387 e. The lowest BCUT2D eigenvalue weighted by molar-refractivity contribution is -0.0498. The summed E-state index contributed by atoms with van der Waals surface area (Å²) in [5.74, 6) is -0.364. The molecule has 2 rings (SSSR count). The molecule has 112 valence electrons. The van der Waals surface area contributed by atoms with Crippen LogP contribution in [-0.2, 0) is 0 Å². The van der Waals surface area contributed by atoms with Crippen LogP contribution in [0, 0.1) is 0 Å². The van der Waals surface area contributed by atoms with E-state index in [2.05, 4.69) is 15.0 Å². The van der Waals surface area contributed by atoms with Crippen LogP contribution in [0.3, 0.4) is 0 Å². The minimum atomic E-state index is -2.88. The lowest BCUT2D eigenvalue weighted by Crippen LogP contribution is -2.13. The number of carbonyl (C=O) groups excluding carboxylic acids is 1. The van der Waals surface area contributed by atoms with Gasteiger partial charge in [0.1, 0.15) is 16.5 Å². The first-order valence-corrected chi connectivity index (χ1v) is 6.91. The zero-order valence-electron chi connectivity index (χ0n) is 11.0. The summed E-state index contributed by atoms with van der Waals surface area (Å²) < 4.78 is 28.2. The third kappa shape index (κ3) is 4.20. The number of nitrogens with two attached hydrogens (primary N) is 1. The van der Waals surface area contributed by atoms with E-state index in [9.17, 15) is 13.6 Å². The summed E-state index contributed by atoms with van der Waals surface area (Å²) in [6.07, 6.45) is 0. The number of nitrogens with one attached hydrogen (secondary N) is 1. The fraction of sp³-hybridized carbons (Fsp3) is 0.231. The van der Waals surface area contributed by atoms with Gasteiger partial charge in [-0.3, -0.25) is 4.79 Å². The molecular formula is C13H13F2N3O2S. The first kappa shape index (κ1) is 15.3. The summed E-state index contributed by atoms with van der Waals surface area (Å²) in [7, 11) is 0. The third-order valence-electron chi connectivity index (χ3n) is 2.48. The van der Waals surface area contributed by atoms with Gasteiger partial charge in [-0.1, -0.05) is 0 Å². The number of benzene rings is 1. The number of alkyl halides is 2. The molecule has 0 aliphatic heterocycles. The van der Waals surface area contributed by atoms with E-state index in [1.54, 1.807) is 12.3 Å². The molecule has 2 aromatic rings. The van der Waals surface area contributed by atoms with Crippen LogP contribution < -0.4 is 15.8 Å². The molecule has 21 heavy (non-hydrogen) atoms. The van der Waals surface area contributed by atoms with Gasteiger partial charge in [0, 0.05) is 11.1 Å². The highest BCUT2D eigenvalue weighted by atomic mass is 32.1. The van der Waals surface area contributed by atoms with Crippen LogP contribution in [0.15, 0.2) is 29.6 Å². The Balaban J connectivity index is 2.01. The molecule has 0 bridgehead atoms. The van der Waals surface area contributed by atoms with Crippen molar-refractivity contribution in [1.82, 2.24) is 4.98 Å². The van der Waals surface area contributed by atoms with Crippen molar-refractivity contribution in [2.75, 3.05) is 5.32 Å². The van der Waals surface area contributed by atoms with Crippen molar-refractivity contribution >= 4 is 22.9 Å². The summed E-state index contributed by atoms with van der Waals surface area (Å²) in [6.45, 7) is -1.10. The second-order valence-corrected chi connectivity index (χ2v) is 5.11. The topological polar surface area (TPSA) is 77.2 Å². The highest BCUT2D eigenvalue weighted by Crippen LogP contribution is 2.20. The smallest absolute Gasteiger partial charge is 0.387 e. The number of nitrogens with zero attached hydrogens (tertiary/aromatic N) is 1. The van der Waals surface area contributed by atoms with Crippen LogP contribution in [0.25, 0.3) is 0 Å². The Bertz CT molecular complexity index is 614. The summed E-state index contributed by atoms with van der Waals surface area (Å²) >= 11 is 1.31.